The van der Waals surface area contributed by atoms with Gasteiger partial charge in [0.2, 0.25) is 0 Å². The molecule has 0 bridgehead atoms. The van der Waals surface area contributed by atoms with Gasteiger partial charge in [0, 0.05) is 30.2 Å². The first kappa shape index (κ1) is 25.1. The zero-order valence-corrected chi connectivity index (χ0v) is 20.6. The molecule has 35 heavy (non-hydrogen) atoms. The van der Waals surface area contributed by atoms with Crippen molar-refractivity contribution < 1.29 is 19.7 Å². The number of aryl methyl sites for hydroxylation is 2. The Morgan fingerprint density at radius 1 is 1.31 bits per heavy atom. The molecule has 0 saturated carbocycles. The lowest BCUT2D eigenvalue weighted by Gasteiger charge is -2.38. The van der Waals surface area contributed by atoms with E-state index in [1.54, 1.807) is 13.3 Å². The molecular formula is C27H36N4O4. The monoisotopic (exact) mass is 480 g/mol. The van der Waals surface area contributed by atoms with Crippen LogP contribution in [0.2, 0.25) is 0 Å². The lowest BCUT2D eigenvalue weighted by Crippen LogP contribution is -2.42. The van der Waals surface area contributed by atoms with Crippen molar-refractivity contribution in [1.82, 2.24) is 20.1 Å². The van der Waals surface area contributed by atoms with E-state index in [1.807, 2.05) is 37.4 Å². The van der Waals surface area contributed by atoms with Crippen LogP contribution in [0.4, 0.5) is 0 Å². The largest absolute Gasteiger partial charge is 0.497 e. The molecule has 1 fully saturated rings. The van der Waals surface area contributed by atoms with Gasteiger partial charge in [-0.25, -0.2) is 0 Å². The number of fused-ring (bicyclic) bond motifs is 1. The van der Waals surface area contributed by atoms with Crippen molar-refractivity contribution in [2.45, 2.75) is 51.6 Å². The van der Waals surface area contributed by atoms with Crippen LogP contribution in [0.5, 0.6) is 5.75 Å². The van der Waals surface area contributed by atoms with Crippen molar-refractivity contribution in [2.75, 3.05) is 26.7 Å². The number of hydrogen-bond donors (Lipinski definition) is 3. The summed E-state index contributed by atoms with van der Waals surface area (Å²) in [5.41, 5.74) is 4.03. The number of H-pyrrole nitrogens is 1. The number of nitrogens with zero attached hydrogens (tertiary/aromatic N) is 3. The molecule has 3 aromatic rings. The van der Waals surface area contributed by atoms with Crippen LogP contribution in [-0.4, -0.2) is 63.0 Å². The van der Waals surface area contributed by atoms with Gasteiger partial charge in [-0.2, -0.15) is 5.10 Å². The second kappa shape index (κ2) is 11.6. The number of carboxylic acids is 1. The predicted octanol–water partition coefficient (Wildman–Crippen LogP) is 4.13. The number of aromatic amines is 1. The quantitative estimate of drug-likeness (QED) is 0.378. The number of methoxy groups -OCH3 is 1. The van der Waals surface area contributed by atoms with Gasteiger partial charge >= 0.3 is 5.97 Å². The van der Waals surface area contributed by atoms with Gasteiger partial charge in [-0.1, -0.05) is 0 Å². The molecule has 0 radical (unpaired) electrons. The topological polar surface area (TPSA) is 112 Å². The SMILES string of the molecule is COc1ccc2nccc(C(O)CC[C@@H]3CCN(CCCc4cn[nH]c4C)C[C@@H]3CC(=O)O)c2c1. The molecule has 3 N–H and O–H groups in total. The number of carboxylic acid groups (broad SMARTS) is 1. The number of likely N-dealkylation sites (tertiary alicyclic amines) is 1. The number of aliphatic hydroxyl groups excluding tert-OH is 1. The first-order valence-corrected chi connectivity index (χ1v) is 12.5. The summed E-state index contributed by atoms with van der Waals surface area (Å²) in [6.07, 6.45) is 7.52. The van der Waals surface area contributed by atoms with Crippen molar-refractivity contribution in [3.8, 4) is 5.75 Å². The van der Waals surface area contributed by atoms with Gasteiger partial charge < -0.3 is 19.8 Å². The number of pyridine rings is 1. The molecule has 8 nitrogen and oxygen atoms in total. The van der Waals surface area contributed by atoms with Gasteiger partial charge in [-0.05, 0) is 99.3 Å². The number of aliphatic carboxylic acids is 1. The predicted molar refractivity (Wildman–Crippen MR) is 134 cm³/mol. The number of hydrogen-bond acceptors (Lipinski definition) is 6. The maximum Gasteiger partial charge on any atom is 0.303 e. The van der Waals surface area contributed by atoms with Crippen molar-refractivity contribution in [1.29, 1.82) is 0 Å². The minimum absolute atomic E-state index is 0.0957. The van der Waals surface area contributed by atoms with Gasteiger partial charge in [0.25, 0.3) is 0 Å². The number of piperidine rings is 1. The average molecular weight is 481 g/mol. The number of rotatable bonds is 11. The Morgan fingerprint density at radius 3 is 2.91 bits per heavy atom. The smallest absolute Gasteiger partial charge is 0.303 e. The lowest BCUT2D eigenvalue weighted by atomic mass is 9.79. The third-order valence-electron chi connectivity index (χ3n) is 7.42. The Hall–Kier alpha value is -2.97. The fraction of sp³-hybridized carbons (Fsp3) is 0.519. The normalized spacial score (nSPS) is 19.6. The van der Waals surface area contributed by atoms with Crippen LogP contribution in [0.25, 0.3) is 10.9 Å². The third kappa shape index (κ3) is 6.38. The Balaban J connectivity index is 1.35. The zero-order chi connectivity index (χ0) is 24.8. The first-order chi connectivity index (χ1) is 16.9. The van der Waals surface area contributed by atoms with Crippen LogP contribution in [0.15, 0.2) is 36.7 Å². The molecule has 3 heterocycles. The van der Waals surface area contributed by atoms with Gasteiger partial charge in [0.1, 0.15) is 5.75 Å². The van der Waals surface area contributed by atoms with E-state index >= 15 is 0 Å². The highest BCUT2D eigenvalue weighted by molar-refractivity contribution is 5.83. The van der Waals surface area contributed by atoms with Gasteiger partial charge in [0.15, 0.2) is 0 Å². The van der Waals surface area contributed by atoms with E-state index in [0.29, 0.717) is 6.42 Å². The summed E-state index contributed by atoms with van der Waals surface area (Å²) in [6.45, 7) is 4.76. The first-order valence-electron chi connectivity index (χ1n) is 12.5. The van der Waals surface area contributed by atoms with E-state index in [1.165, 1.54) is 5.56 Å². The molecule has 2 aromatic heterocycles. The average Bonchev–Trinajstić information content (AvgIpc) is 3.26. The molecule has 0 amide bonds. The van der Waals surface area contributed by atoms with Crippen LogP contribution in [-0.2, 0) is 11.2 Å². The van der Waals surface area contributed by atoms with Gasteiger partial charge in [-0.3, -0.25) is 14.9 Å². The highest BCUT2D eigenvalue weighted by atomic mass is 16.5. The second-order valence-corrected chi connectivity index (χ2v) is 9.71. The molecule has 1 aromatic carbocycles. The minimum Gasteiger partial charge on any atom is -0.497 e. The van der Waals surface area contributed by atoms with Crippen LogP contribution < -0.4 is 4.74 Å². The molecule has 188 valence electrons. The molecule has 0 aliphatic carbocycles. The van der Waals surface area contributed by atoms with Gasteiger partial charge in [-0.15, -0.1) is 0 Å². The summed E-state index contributed by atoms with van der Waals surface area (Å²) in [5.74, 6) is 0.369. The van der Waals surface area contributed by atoms with E-state index in [9.17, 15) is 15.0 Å². The number of benzene rings is 1. The summed E-state index contributed by atoms with van der Waals surface area (Å²) >= 11 is 0. The molecule has 1 aliphatic heterocycles. The molecule has 3 atom stereocenters. The summed E-state index contributed by atoms with van der Waals surface area (Å²) < 4.78 is 5.35. The van der Waals surface area contributed by atoms with Crippen molar-refractivity contribution >= 4 is 16.9 Å². The highest BCUT2D eigenvalue weighted by Crippen LogP contribution is 2.34. The number of carbonyl (C=O) groups is 1. The van der Waals surface area contributed by atoms with Crippen LogP contribution in [0, 0.1) is 18.8 Å². The van der Waals surface area contributed by atoms with Crippen LogP contribution in [0.3, 0.4) is 0 Å². The number of aliphatic hydroxyl groups is 1. The van der Waals surface area contributed by atoms with E-state index in [0.717, 1.165) is 73.2 Å². The van der Waals surface area contributed by atoms with Crippen LogP contribution in [0.1, 0.15) is 55.0 Å². The summed E-state index contributed by atoms with van der Waals surface area (Å²) in [4.78, 5) is 18.4. The molecule has 1 unspecified atom stereocenters. The maximum absolute atomic E-state index is 11.6. The standard InChI is InChI=1S/C27H36N4O4/c1-18-20(16-29-30-18)4-3-12-31-13-10-19(21(17-31)14-27(33)34)5-8-26(32)23-9-11-28-25-7-6-22(35-2)15-24(23)25/h6-7,9,11,15-16,19,21,26,32H,3-5,8,10,12-14,17H2,1-2H3,(H,29,30)(H,33,34)/t19-,21+,26?/m1/s1. The Morgan fingerprint density at radius 2 is 2.17 bits per heavy atom. The molecule has 1 aliphatic rings. The minimum atomic E-state index is -0.747. The summed E-state index contributed by atoms with van der Waals surface area (Å²) in [6, 6.07) is 7.55. The van der Waals surface area contributed by atoms with Crippen molar-refractivity contribution in [3.05, 3.63) is 53.5 Å². The second-order valence-electron chi connectivity index (χ2n) is 9.71. The molecule has 4 rings (SSSR count). The fourth-order valence-corrected chi connectivity index (χ4v) is 5.41. The fourth-order valence-electron chi connectivity index (χ4n) is 5.41. The maximum atomic E-state index is 11.6. The zero-order valence-electron chi connectivity index (χ0n) is 20.6. The number of aromatic nitrogens is 3. The molecular weight excluding hydrogens is 444 g/mol. The van der Waals surface area contributed by atoms with E-state index < -0.39 is 12.1 Å². The van der Waals surface area contributed by atoms with E-state index in [4.69, 9.17) is 4.74 Å². The Kier molecular flexibility index (Phi) is 8.36. The number of nitrogens with one attached hydrogen (secondary N) is 1. The van der Waals surface area contributed by atoms with Crippen molar-refractivity contribution in [3.63, 3.8) is 0 Å². The van der Waals surface area contributed by atoms with E-state index in [-0.39, 0.29) is 18.3 Å². The summed E-state index contributed by atoms with van der Waals surface area (Å²) in [7, 11) is 1.63. The summed E-state index contributed by atoms with van der Waals surface area (Å²) in [5, 5.41) is 28.6. The molecule has 1 saturated heterocycles. The Labute approximate surface area is 206 Å². The number of ether oxygens (including phenoxy) is 1. The third-order valence-corrected chi connectivity index (χ3v) is 7.42. The highest BCUT2D eigenvalue weighted by Gasteiger charge is 2.31. The van der Waals surface area contributed by atoms with E-state index in [2.05, 4.69) is 20.1 Å². The lowest BCUT2D eigenvalue weighted by molar-refractivity contribution is -0.139. The van der Waals surface area contributed by atoms with Crippen molar-refractivity contribution in [2.24, 2.45) is 11.8 Å². The van der Waals surface area contributed by atoms with Gasteiger partial charge in [0.05, 0.1) is 24.9 Å². The van der Waals surface area contributed by atoms with Crippen LogP contribution >= 0.6 is 0 Å². The molecule has 8 heteroatoms. The molecule has 0 spiro atoms. The Bertz CT molecular complexity index is 1130.